The Kier molecular flexibility index (Phi) is 5.27. The number of benzene rings is 1. The number of rotatable bonds is 5. The third kappa shape index (κ3) is 3.67. The number of hydrogen-bond acceptors (Lipinski definition) is 5. The summed E-state index contributed by atoms with van der Waals surface area (Å²) in [5.74, 6) is -0.526. The van der Waals surface area contributed by atoms with Crippen molar-refractivity contribution in [1.82, 2.24) is 19.7 Å². The van der Waals surface area contributed by atoms with E-state index in [2.05, 4.69) is 15.4 Å². The SMILES string of the molecule is Cc1cc(NC(=O)CCN2C(=O)c3ccccc3C2=O)n(-c2ncc(Cl)cc2Cl)n1. The molecule has 0 saturated carbocycles. The van der Waals surface area contributed by atoms with E-state index in [9.17, 15) is 14.4 Å². The highest BCUT2D eigenvalue weighted by molar-refractivity contribution is 6.35. The summed E-state index contributed by atoms with van der Waals surface area (Å²) < 4.78 is 1.40. The number of halogens is 2. The van der Waals surface area contributed by atoms with Gasteiger partial charge in [-0.3, -0.25) is 19.3 Å². The maximum Gasteiger partial charge on any atom is 0.261 e. The van der Waals surface area contributed by atoms with E-state index in [-0.39, 0.29) is 18.0 Å². The molecule has 0 saturated heterocycles. The highest BCUT2D eigenvalue weighted by Crippen LogP contribution is 2.25. The van der Waals surface area contributed by atoms with Crippen LogP contribution >= 0.6 is 23.2 Å². The molecule has 1 aliphatic heterocycles. The molecule has 152 valence electrons. The van der Waals surface area contributed by atoms with Crippen molar-refractivity contribution in [2.75, 3.05) is 11.9 Å². The Labute approximate surface area is 181 Å². The fraction of sp³-hybridized carbons (Fsp3) is 0.150. The minimum Gasteiger partial charge on any atom is -0.310 e. The van der Waals surface area contributed by atoms with Gasteiger partial charge in [-0.25, -0.2) is 4.98 Å². The molecule has 0 atom stereocenters. The Balaban J connectivity index is 1.47. The van der Waals surface area contributed by atoms with E-state index in [0.717, 1.165) is 4.90 Å². The Morgan fingerprint density at radius 3 is 2.40 bits per heavy atom. The highest BCUT2D eigenvalue weighted by atomic mass is 35.5. The van der Waals surface area contributed by atoms with Crippen molar-refractivity contribution in [3.05, 3.63) is 69.5 Å². The summed E-state index contributed by atoms with van der Waals surface area (Å²) in [5, 5.41) is 7.68. The number of hydrogen-bond donors (Lipinski definition) is 1. The Bertz CT molecular complexity index is 1160. The van der Waals surface area contributed by atoms with Crippen LogP contribution in [0.3, 0.4) is 0 Å². The molecule has 0 radical (unpaired) electrons. The van der Waals surface area contributed by atoms with Gasteiger partial charge in [0.25, 0.3) is 11.8 Å². The van der Waals surface area contributed by atoms with E-state index in [0.29, 0.717) is 33.5 Å². The first kappa shape index (κ1) is 20.1. The predicted octanol–water partition coefficient (Wildman–Crippen LogP) is 3.51. The average molecular weight is 444 g/mol. The molecule has 8 nitrogen and oxygen atoms in total. The summed E-state index contributed by atoms with van der Waals surface area (Å²) in [6.45, 7) is 1.72. The first-order valence-electron chi connectivity index (χ1n) is 8.98. The normalized spacial score (nSPS) is 13.0. The molecule has 0 bridgehead atoms. The van der Waals surface area contributed by atoms with Crippen LogP contribution in [0.25, 0.3) is 5.82 Å². The zero-order chi connectivity index (χ0) is 21.4. The second-order valence-electron chi connectivity index (χ2n) is 6.65. The number of nitrogens with one attached hydrogen (secondary N) is 1. The second-order valence-corrected chi connectivity index (χ2v) is 7.49. The summed E-state index contributed by atoms with van der Waals surface area (Å²) in [6.07, 6.45) is 1.35. The number of carbonyl (C=O) groups is 3. The van der Waals surface area contributed by atoms with Crippen molar-refractivity contribution in [3.8, 4) is 5.82 Å². The third-order valence-electron chi connectivity index (χ3n) is 4.53. The molecular weight excluding hydrogens is 429 g/mol. The molecular formula is C20H15Cl2N5O3. The van der Waals surface area contributed by atoms with Crippen LogP contribution in [-0.4, -0.2) is 43.9 Å². The van der Waals surface area contributed by atoms with Crippen molar-refractivity contribution in [2.45, 2.75) is 13.3 Å². The quantitative estimate of drug-likeness (QED) is 0.608. The molecule has 1 aromatic carbocycles. The first-order valence-corrected chi connectivity index (χ1v) is 9.74. The van der Waals surface area contributed by atoms with Crippen molar-refractivity contribution in [2.24, 2.45) is 0 Å². The maximum atomic E-state index is 12.5. The van der Waals surface area contributed by atoms with E-state index >= 15 is 0 Å². The van der Waals surface area contributed by atoms with Crippen molar-refractivity contribution < 1.29 is 14.4 Å². The molecule has 0 aliphatic carbocycles. The molecule has 1 aliphatic rings. The van der Waals surface area contributed by atoms with Crippen LogP contribution in [0.4, 0.5) is 5.82 Å². The van der Waals surface area contributed by atoms with Gasteiger partial charge >= 0.3 is 0 Å². The van der Waals surface area contributed by atoms with Crippen LogP contribution in [0.2, 0.25) is 10.0 Å². The standard InChI is InChI=1S/C20H15Cl2N5O3/c1-11-8-16(27(25-11)18-15(22)9-12(21)10-23-18)24-17(28)6-7-26-19(29)13-4-2-3-5-14(13)20(26)30/h2-5,8-10H,6-7H2,1H3,(H,24,28). The summed E-state index contributed by atoms with van der Waals surface area (Å²) in [4.78, 5) is 42.6. The zero-order valence-corrected chi connectivity index (χ0v) is 17.2. The van der Waals surface area contributed by atoms with Crippen LogP contribution < -0.4 is 5.32 Å². The number of aryl methyl sites for hydroxylation is 1. The lowest BCUT2D eigenvalue weighted by atomic mass is 10.1. The maximum absolute atomic E-state index is 12.5. The fourth-order valence-corrected chi connectivity index (χ4v) is 3.63. The van der Waals surface area contributed by atoms with Crippen molar-refractivity contribution in [3.63, 3.8) is 0 Å². The molecule has 3 heterocycles. The number of carbonyl (C=O) groups excluding carboxylic acids is 3. The third-order valence-corrected chi connectivity index (χ3v) is 5.01. The molecule has 0 unspecified atom stereocenters. The van der Waals surface area contributed by atoms with Crippen LogP contribution in [0.1, 0.15) is 32.8 Å². The fourth-order valence-electron chi connectivity index (χ4n) is 3.17. The number of nitrogens with zero attached hydrogens (tertiary/aromatic N) is 4. The number of anilines is 1. The molecule has 3 aromatic rings. The Morgan fingerprint density at radius 1 is 1.10 bits per heavy atom. The summed E-state index contributed by atoms with van der Waals surface area (Å²) >= 11 is 12.1. The topological polar surface area (TPSA) is 97.2 Å². The molecule has 2 aromatic heterocycles. The molecule has 3 amide bonds. The van der Waals surface area contributed by atoms with Gasteiger partial charge in [0.2, 0.25) is 5.91 Å². The molecule has 4 rings (SSSR count). The monoisotopic (exact) mass is 443 g/mol. The number of aromatic nitrogens is 3. The smallest absolute Gasteiger partial charge is 0.261 e. The van der Waals surface area contributed by atoms with E-state index in [1.54, 1.807) is 37.3 Å². The minimum absolute atomic E-state index is 0.0365. The molecule has 1 N–H and O–H groups in total. The van der Waals surface area contributed by atoms with E-state index in [1.165, 1.54) is 16.9 Å². The van der Waals surface area contributed by atoms with E-state index in [1.807, 2.05) is 0 Å². The first-order chi connectivity index (χ1) is 14.3. The largest absolute Gasteiger partial charge is 0.310 e. The number of amides is 3. The summed E-state index contributed by atoms with van der Waals surface area (Å²) in [7, 11) is 0. The van der Waals surface area contributed by atoms with Gasteiger partial charge in [-0.15, -0.1) is 0 Å². The van der Waals surface area contributed by atoms with Crippen LogP contribution in [0, 0.1) is 6.92 Å². The number of imide groups is 1. The molecule has 0 spiro atoms. The van der Waals surface area contributed by atoms with Gasteiger partial charge < -0.3 is 5.32 Å². The van der Waals surface area contributed by atoms with E-state index in [4.69, 9.17) is 23.2 Å². The van der Waals surface area contributed by atoms with Crippen LogP contribution in [0.15, 0.2) is 42.6 Å². The van der Waals surface area contributed by atoms with Gasteiger partial charge in [0, 0.05) is 25.2 Å². The van der Waals surface area contributed by atoms with Gasteiger partial charge in [-0.05, 0) is 25.1 Å². The van der Waals surface area contributed by atoms with Gasteiger partial charge in [0.15, 0.2) is 5.82 Å². The number of fused-ring (bicyclic) bond motifs is 1. The molecule has 30 heavy (non-hydrogen) atoms. The molecule has 10 heteroatoms. The van der Waals surface area contributed by atoms with Crippen LogP contribution in [0.5, 0.6) is 0 Å². The van der Waals surface area contributed by atoms with Crippen LogP contribution in [-0.2, 0) is 4.79 Å². The van der Waals surface area contributed by atoms with Gasteiger partial charge in [0.1, 0.15) is 5.82 Å². The summed E-state index contributed by atoms with van der Waals surface area (Å²) in [5.41, 5.74) is 1.33. The number of pyridine rings is 1. The van der Waals surface area contributed by atoms with E-state index < -0.39 is 17.7 Å². The second kappa shape index (κ2) is 7.89. The lowest BCUT2D eigenvalue weighted by molar-refractivity contribution is -0.116. The van der Waals surface area contributed by atoms with Gasteiger partial charge in [-0.1, -0.05) is 35.3 Å². The Morgan fingerprint density at radius 2 is 1.77 bits per heavy atom. The average Bonchev–Trinajstić information content (AvgIpc) is 3.18. The molecule has 0 fully saturated rings. The lowest BCUT2D eigenvalue weighted by Gasteiger charge is -2.14. The van der Waals surface area contributed by atoms with Gasteiger partial charge in [0.05, 0.1) is 26.9 Å². The predicted molar refractivity (Wildman–Crippen MR) is 111 cm³/mol. The van der Waals surface area contributed by atoms with Crippen molar-refractivity contribution in [1.29, 1.82) is 0 Å². The van der Waals surface area contributed by atoms with Gasteiger partial charge in [-0.2, -0.15) is 9.78 Å². The highest BCUT2D eigenvalue weighted by Gasteiger charge is 2.35. The lowest BCUT2D eigenvalue weighted by Crippen LogP contribution is -2.33. The van der Waals surface area contributed by atoms with Crippen molar-refractivity contribution >= 4 is 46.7 Å². The Hall–Kier alpha value is -3.23. The summed E-state index contributed by atoms with van der Waals surface area (Å²) in [6, 6.07) is 9.77. The minimum atomic E-state index is -0.401. The zero-order valence-electron chi connectivity index (χ0n) is 15.7.